The van der Waals surface area contributed by atoms with E-state index in [4.69, 9.17) is 4.74 Å². The Balaban J connectivity index is 1.57. The van der Waals surface area contributed by atoms with E-state index in [2.05, 4.69) is 31.3 Å². The monoisotopic (exact) mass is 428 g/mol. The standard InChI is InChI=1S/C24H24N6O2/c1-3-30-22-17(12-27-24(29-22)28-19-6-7-32-13-19)9-21(23(30)31)20-5-4-16(8-15(20)2)18-10-25-14-26-11-18/h4-5,8-12,14,19H,3,6-7,13H2,1-2H3,(H,27,28,29)/t19-/m1/s1. The lowest BCUT2D eigenvalue weighted by Crippen LogP contribution is -2.24. The molecule has 1 atom stereocenters. The first-order chi connectivity index (χ1) is 15.6. The third-order valence-electron chi connectivity index (χ3n) is 5.82. The van der Waals surface area contributed by atoms with Gasteiger partial charge in [-0.25, -0.2) is 15.0 Å². The first-order valence-electron chi connectivity index (χ1n) is 10.8. The van der Waals surface area contributed by atoms with Gasteiger partial charge >= 0.3 is 0 Å². The second-order valence-electron chi connectivity index (χ2n) is 7.94. The molecule has 1 saturated heterocycles. The van der Waals surface area contributed by atoms with Gasteiger partial charge in [-0.05, 0) is 43.0 Å². The van der Waals surface area contributed by atoms with E-state index in [9.17, 15) is 4.79 Å². The molecule has 3 aromatic heterocycles. The van der Waals surface area contributed by atoms with Crippen LogP contribution >= 0.6 is 0 Å². The van der Waals surface area contributed by atoms with E-state index in [1.807, 2.05) is 32.0 Å². The zero-order chi connectivity index (χ0) is 22.1. The maximum atomic E-state index is 13.4. The molecule has 1 N–H and O–H groups in total. The summed E-state index contributed by atoms with van der Waals surface area (Å²) in [4.78, 5) is 30.7. The fraction of sp³-hybridized carbons (Fsp3) is 0.292. The number of hydrogen-bond acceptors (Lipinski definition) is 7. The van der Waals surface area contributed by atoms with E-state index >= 15 is 0 Å². The topological polar surface area (TPSA) is 94.8 Å². The SMILES string of the molecule is CCn1c(=O)c(-c2ccc(-c3cncnc3)cc2C)cc2cnc(N[C@@H]3CCOC3)nc21. The second-order valence-corrected chi connectivity index (χ2v) is 7.94. The molecule has 0 radical (unpaired) electrons. The van der Waals surface area contributed by atoms with Crippen LogP contribution in [-0.2, 0) is 11.3 Å². The molecule has 0 spiro atoms. The molecule has 4 aromatic rings. The molecule has 0 amide bonds. The third-order valence-corrected chi connectivity index (χ3v) is 5.82. The maximum absolute atomic E-state index is 13.4. The van der Waals surface area contributed by atoms with Crippen LogP contribution in [0.2, 0.25) is 0 Å². The number of ether oxygens (including phenoxy) is 1. The van der Waals surface area contributed by atoms with Crippen molar-refractivity contribution < 1.29 is 4.74 Å². The molecule has 1 fully saturated rings. The zero-order valence-electron chi connectivity index (χ0n) is 18.1. The van der Waals surface area contributed by atoms with Crippen molar-refractivity contribution in [2.24, 2.45) is 0 Å². The number of rotatable bonds is 5. The van der Waals surface area contributed by atoms with Gasteiger partial charge in [0.25, 0.3) is 5.56 Å². The van der Waals surface area contributed by atoms with Gasteiger partial charge in [-0.3, -0.25) is 9.36 Å². The van der Waals surface area contributed by atoms with Crippen molar-refractivity contribution in [2.45, 2.75) is 32.9 Å². The van der Waals surface area contributed by atoms with Crippen LogP contribution in [0.15, 0.2) is 54.0 Å². The number of nitrogens with one attached hydrogen (secondary N) is 1. The number of aryl methyl sites for hydroxylation is 2. The lowest BCUT2D eigenvalue weighted by atomic mass is 9.97. The molecular weight excluding hydrogens is 404 g/mol. The van der Waals surface area contributed by atoms with E-state index in [-0.39, 0.29) is 11.6 Å². The predicted octanol–water partition coefficient (Wildman–Crippen LogP) is 3.44. The van der Waals surface area contributed by atoms with Crippen molar-refractivity contribution in [3.05, 3.63) is 65.1 Å². The van der Waals surface area contributed by atoms with Gasteiger partial charge in [0.2, 0.25) is 5.95 Å². The third kappa shape index (κ3) is 3.73. The lowest BCUT2D eigenvalue weighted by molar-refractivity contribution is 0.195. The van der Waals surface area contributed by atoms with Crippen molar-refractivity contribution in [3.8, 4) is 22.3 Å². The molecule has 0 saturated carbocycles. The van der Waals surface area contributed by atoms with Crippen LogP contribution in [0.4, 0.5) is 5.95 Å². The minimum absolute atomic E-state index is 0.0623. The summed E-state index contributed by atoms with van der Waals surface area (Å²) in [5, 5.41) is 4.14. The highest BCUT2D eigenvalue weighted by Gasteiger charge is 2.18. The van der Waals surface area contributed by atoms with E-state index in [0.717, 1.165) is 40.7 Å². The largest absolute Gasteiger partial charge is 0.379 e. The highest BCUT2D eigenvalue weighted by Crippen LogP contribution is 2.28. The van der Waals surface area contributed by atoms with Crippen molar-refractivity contribution in [1.82, 2.24) is 24.5 Å². The maximum Gasteiger partial charge on any atom is 0.260 e. The molecule has 1 aromatic carbocycles. The summed E-state index contributed by atoms with van der Waals surface area (Å²) in [5.41, 5.74) is 5.06. The average molecular weight is 428 g/mol. The van der Waals surface area contributed by atoms with Crippen LogP contribution in [0.25, 0.3) is 33.3 Å². The molecule has 4 heterocycles. The van der Waals surface area contributed by atoms with Crippen LogP contribution in [0, 0.1) is 6.92 Å². The highest BCUT2D eigenvalue weighted by molar-refractivity contribution is 5.83. The van der Waals surface area contributed by atoms with E-state index in [1.165, 1.54) is 6.33 Å². The zero-order valence-corrected chi connectivity index (χ0v) is 18.1. The number of nitrogens with zero attached hydrogens (tertiary/aromatic N) is 5. The molecule has 8 heteroatoms. The van der Waals surface area contributed by atoms with Crippen molar-refractivity contribution in [2.75, 3.05) is 18.5 Å². The Morgan fingerprint density at radius 1 is 1.12 bits per heavy atom. The number of pyridine rings is 1. The quantitative estimate of drug-likeness (QED) is 0.520. The summed E-state index contributed by atoms with van der Waals surface area (Å²) in [5.74, 6) is 0.521. The Morgan fingerprint density at radius 3 is 2.69 bits per heavy atom. The highest BCUT2D eigenvalue weighted by atomic mass is 16.5. The van der Waals surface area contributed by atoms with Crippen LogP contribution in [0.5, 0.6) is 0 Å². The second kappa shape index (κ2) is 8.47. The summed E-state index contributed by atoms with van der Waals surface area (Å²) < 4.78 is 7.12. The van der Waals surface area contributed by atoms with Gasteiger partial charge in [0.1, 0.15) is 12.0 Å². The summed E-state index contributed by atoms with van der Waals surface area (Å²) in [6.07, 6.45) is 7.77. The van der Waals surface area contributed by atoms with Gasteiger partial charge in [0, 0.05) is 48.3 Å². The Bertz CT molecular complexity index is 1330. The molecule has 5 rings (SSSR count). The smallest absolute Gasteiger partial charge is 0.260 e. The summed E-state index contributed by atoms with van der Waals surface area (Å²) >= 11 is 0. The Hall–Kier alpha value is -3.65. The first-order valence-corrected chi connectivity index (χ1v) is 10.8. The number of hydrogen-bond donors (Lipinski definition) is 1. The van der Waals surface area contributed by atoms with E-state index < -0.39 is 0 Å². The van der Waals surface area contributed by atoms with Crippen LogP contribution in [0.1, 0.15) is 18.9 Å². The van der Waals surface area contributed by atoms with Gasteiger partial charge < -0.3 is 10.1 Å². The van der Waals surface area contributed by atoms with Gasteiger partial charge in [0.05, 0.1) is 12.6 Å². The molecule has 1 aliphatic heterocycles. The van der Waals surface area contributed by atoms with Gasteiger partial charge in [-0.15, -0.1) is 0 Å². The lowest BCUT2D eigenvalue weighted by Gasteiger charge is -2.15. The van der Waals surface area contributed by atoms with Crippen molar-refractivity contribution >= 4 is 17.0 Å². The molecule has 8 nitrogen and oxygen atoms in total. The Morgan fingerprint density at radius 2 is 1.97 bits per heavy atom. The normalized spacial score (nSPS) is 15.9. The molecular formula is C24H24N6O2. The number of fused-ring (bicyclic) bond motifs is 1. The number of anilines is 1. The van der Waals surface area contributed by atoms with Crippen LogP contribution in [0.3, 0.4) is 0 Å². The van der Waals surface area contributed by atoms with Gasteiger partial charge in [-0.1, -0.05) is 18.2 Å². The van der Waals surface area contributed by atoms with Crippen LogP contribution in [-0.4, -0.2) is 43.8 Å². The van der Waals surface area contributed by atoms with E-state index in [1.54, 1.807) is 23.2 Å². The van der Waals surface area contributed by atoms with Gasteiger partial charge in [0.15, 0.2) is 0 Å². The summed E-state index contributed by atoms with van der Waals surface area (Å²) in [6, 6.07) is 8.12. The van der Waals surface area contributed by atoms with Gasteiger partial charge in [-0.2, -0.15) is 4.98 Å². The summed E-state index contributed by atoms with van der Waals surface area (Å²) in [6.45, 7) is 5.87. The minimum Gasteiger partial charge on any atom is -0.379 e. The Labute approximate surface area is 185 Å². The molecule has 0 bridgehead atoms. The van der Waals surface area contributed by atoms with Crippen molar-refractivity contribution in [1.29, 1.82) is 0 Å². The molecule has 0 aliphatic carbocycles. The van der Waals surface area contributed by atoms with E-state index in [0.29, 0.717) is 30.3 Å². The molecule has 1 aliphatic rings. The predicted molar refractivity (Wildman–Crippen MR) is 124 cm³/mol. The Kier molecular flexibility index (Phi) is 5.36. The average Bonchev–Trinajstić information content (AvgIpc) is 3.33. The molecule has 0 unspecified atom stereocenters. The first kappa shape index (κ1) is 20.3. The number of benzene rings is 1. The fourth-order valence-corrected chi connectivity index (χ4v) is 4.14. The fourth-order valence-electron chi connectivity index (χ4n) is 4.14. The van der Waals surface area contributed by atoms with Crippen molar-refractivity contribution in [3.63, 3.8) is 0 Å². The number of aromatic nitrogens is 5. The minimum atomic E-state index is -0.0623. The molecule has 32 heavy (non-hydrogen) atoms. The summed E-state index contributed by atoms with van der Waals surface area (Å²) in [7, 11) is 0. The van der Waals surface area contributed by atoms with Crippen LogP contribution < -0.4 is 10.9 Å². The molecule has 162 valence electrons.